The zero-order valence-corrected chi connectivity index (χ0v) is 9.52. The summed E-state index contributed by atoms with van der Waals surface area (Å²) in [5, 5.41) is 10.3. The van der Waals surface area contributed by atoms with Crippen molar-refractivity contribution in [1.82, 2.24) is 10.2 Å². The molecule has 0 aliphatic carbocycles. The third-order valence-corrected chi connectivity index (χ3v) is 1.80. The predicted molar refractivity (Wildman–Crippen MR) is 54.9 cm³/mol. The van der Waals surface area contributed by atoms with Crippen LogP contribution in [-0.4, -0.2) is 54.2 Å². The Balaban J connectivity index is 3.87. The second-order valence-electron chi connectivity index (χ2n) is 3.44. The number of nitrogens with zero attached hydrogens (tertiary/aromatic N) is 1. The van der Waals surface area contributed by atoms with E-state index in [1.54, 1.807) is 20.9 Å². The summed E-state index contributed by atoms with van der Waals surface area (Å²) in [4.78, 5) is 33.8. The molecule has 0 saturated carbocycles. The number of urea groups is 1. The van der Waals surface area contributed by atoms with Gasteiger partial charge in [-0.1, -0.05) is 0 Å². The maximum atomic E-state index is 11.3. The van der Waals surface area contributed by atoms with E-state index < -0.39 is 31.1 Å². The number of amides is 3. The molecule has 0 aromatic rings. The summed E-state index contributed by atoms with van der Waals surface area (Å²) in [6.45, 7) is 2.57. The molecule has 0 aromatic carbocycles. The molecule has 0 rings (SSSR count). The fourth-order valence-electron chi connectivity index (χ4n) is 0.709. The van der Waals surface area contributed by atoms with Crippen LogP contribution in [0.4, 0.5) is 4.79 Å². The number of carboxylic acid groups (broad SMARTS) is 1. The number of carboxylic acids is 1. The van der Waals surface area contributed by atoms with Crippen molar-refractivity contribution >= 4 is 17.9 Å². The van der Waals surface area contributed by atoms with E-state index in [2.05, 4.69) is 10.1 Å². The van der Waals surface area contributed by atoms with Crippen LogP contribution >= 0.6 is 0 Å². The normalized spacial score (nSPS) is 10.0. The summed E-state index contributed by atoms with van der Waals surface area (Å²) < 4.78 is 4.52. The first-order chi connectivity index (χ1) is 7.34. The van der Waals surface area contributed by atoms with Crippen molar-refractivity contribution in [3.63, 3.8) is 0 Å². The van der Waals surface area contributed by atoms with E-state index in [1.165, 1.54) is 4.90 Å². The van der Waals surface area contributed by atoms with Gasteiger partial charge in [0.25, 0.3) is 5.91 Å². The smallest absolute Gasteiger partial charge is 0.329 e. The molecule has 0 heterocycles. The summed E-state index contributed by atoms with van der Waals surface area (Å²) in [5.41, 5.74) is 0. The fraction of sp³-hybridized carbons (Fsp3) is 0.667. The fourth-order valence-corrected chi connectivity index (χ4v) is 0.709. The molecular formula is C9H16N2O5. The van der Waals surface area contributed by atoms with Crippen LogP contribution in [0.15, 0.2) is 0 Å². The molecule has 16 heavy (non-hydrogen) atoms. The first-order valence-electron chi connectivity index (χ1n) is 4.70. The zero-order valence-electron chi connectivity index (χ0n) is 9.52. The Morgan fingerprint density at radius 1 is 1.31 bits per heavy atom. The summed E-state index contributed by atoms with van der Waals surface area (Å²) in [7, 11) is 1.55. The van der Waals surface area contributed by atoms with Crippen molar-refractivity contribution in [3.05, 3.63) is 0 Å². The Hall–Kier alpha value is -1.63. The highest BCUT2D eigenvalue weighted by molar-refractivity contribution is 5.94. The number of carbonyl (C=O) groups is 3. The number of carbonyl (C=O) groups excluding carboxylic acids is 2. The topological polar surface area (TPSA) is 95.9 Å². The average molecular weight is 232 g/mol. The lowest BCUT2D eigenvalue weighted by Crippen LogP contribution is -2.45. The molecule has 7 heteroatoms. The van der Waals surface area contributed by atoms with Crippen LogP contribution in [0.5, 0.6) is 0 Å². The van der Waals surface area contributed by atoms with Gasteiger partial charge in [-0.3, -0.25) is 10.1 Å². The number of hydrogen-bond donors (Lipinski definition) is 2. The van der Waals surface area contributed by atoms with Crippen molar-refractivity contribution in [3.8, 4) is 0 Å². The standard InChI is InChI=1S/C9H16N2O5/c1-6(2)11(3)9(15)10-7(12)4-16-5-8(13)14/h6H,4-5H2,1-3H3,(H,13,14)(H,10,12,15). The number of rotatable bonds is 5. The van der Waals surface area contributed by atoms with Gasteiger partial charge in [-0.15, -0.1) is 0 Å². The van der Waals surface area contributed by atoms with Gasteiger partial charge in [0, 0.05) is 13.1 Å². The molecule has 92 valence electrons. The van der Waals surface area contributed by atoms with Crippen molar-refractivity contribution in [2.45, 2.75) is 19.9 Å². The van der Waals surface area contributed by atoms with Gasteiger partial charge in [-0.2, -0.15) is 0 Å². The van der Waals surface area contributed by atoms with Crippen molar-refractivity contribution in [2.75, 3.05) is 20.3 Å². The summed E-state index contributed by atoms with van der Waals surface area (Å²) in [6.07, 6.45) is 0. The highest BCUT2D eigenvalue weighted by Crippen LogP contribution is 1.93. The second-order valence-corrected chi connectivity index (χ2v) is 3.44. The summed E-state index contributed by atoms with van der Waals surface area (Å²) in [6, 6.07) is -0.577. The third kappa shape index (κ3) is 5.97. The van der Waals surface area contributed by atoms with E-state index in [0.29, 0.717) is 0 Å². The zero-order chi connectivity index (χ0) is 12.7. The van der Waals surface area contributed by atoms with Crippen LogP contribution in [0.2, 0.25) is 0 Å². The number of hydrogen-bond acceptors (Lipinski definition) is 4. The number of ether oxygens (including phenoxy) is 1. The van der Waals surface area contributed by atoms with Crippen LogP contribution in [0.25, 0.3) is 0 Å². The molecule has 0 aliphatic heterocycles. The van der Waals surface area contributed by atoms with E-state index in [4.69, 9.17) is 5.11 Å². The monoisotopic (exact) mass is 232 g/mol. The summed E-state index contributed by atoms with van der Waals surface area (Å²) in [5.74, 6) is -1.84. The number of imide groups is 1. The molecular weight excluding hydrogens is 216 g/mol. The van der Waals surface area contributed by atoms with Crippen LogP contribution in [-0.2, 0) is 14.3 Å². The van der Waals surface area contributed by atoms with Crippen LogP contribution in [0, 0.1) is 0 Å². The number of nitrogens with one attached hydrogen (secondary N) is 1. The van der Waals surface area contributed by atoms with Gasteiger partial charge in [0.2, 0.25) is 0 Å². The highest BCUT2D eigenvalue weighted by Gasteiger charge is 2.14. The lowest BCUT2D eigenvalue weighted by molar-refractivity contribution is -0.143. The van der Waals surface area contributed by atoms with Gasteiger partial charge >= 0.3 is 12.0 Å². The van der Waals surface area contributed by atoms with Crippen LogP contribution in [0.1, 0.15) is 13.8 Å². The molecule has 0 aliphatic rings. The minimum Gasteiger partial charge on any atom is -0.480 e. The van der Waals surface area contributed by atoms with Crippen molar-refractivity contribution in [1.29, 1.82) is 0 Å². The first kappa shape index (κ1) is 14.4. The highest BCUT2D eigenvalue weighted by atomic mass is 16.5. The van der Waals surface area contributed by atoms with E-state index in [9.17, 15) is 14.4 Å². The number of aliphatic carboxylic acids is 1. The molecule has 0 aromatic heterocycles. The molecule has 0 saturated heterocycles. The largest absolute Gasteiger partial charge is 0.480 e. The SMILES string of the molecule is CC(C)N(C)C(=O)NC(=O)COCC(=O)O. The molecule has 0 fully saturated rings. The maximum Gasteiger partial charge on any atom is 0.329 e. The van der Waals surface area contributed by atoms with Gasteiger partial charge < -0.3 is 14.7 Å². The quantitative estimate of drug-likeness (QED) is 0.676. The molecule has 3 amide bonds. The average Bonchev–Trinajstić information content (AvgIpc) is 2.15. The van der Waals surface area contributed by atoms with Crippen molar-refractivity contribution in [2.24, 2.45) is 0 Å². The second kappa shape index (κ2) is 6.78. The summed E-state index contributed by atoms with van der Waals surface area (Å²) >= 11 is 0. The predicted octanol–water partition coefficient (Wildman–Crippen LogP) is -0.336. The molecule has 0 unspecified atom stereocenters. The minimum absolute atomic E-state index is 0.0345. The van der Waals surface area contributed by atoms with Gasteiger partial charge in [-0.25, -0.2) is 9.59 Å². The van der Waals surface area contributed by atoms with Gasteiger partial charge in [0.15, 0.2) is 0 Å². The Bertz CT molecular complexity index is 277. The van der Waals surface area contributed by atoms with E-state index in [-0.39, 0.29) is 6.04 Å². The molecule has 2 N–H and O–H groups in total. The van der Waals surface area contributed by atoms with Crippen molar-refractivity contribution < 1.29 is 24.2 Å². The molecule has 7 nitrogen and oxygen atoms in total. The maximum absolute atomic E-state index is 11.3. The molecule has 0 radical (unpaired) electrons. The Labute approximate surface area is 93.4 Å². The lowest BCUT2D eigenvalue weighted by Gasteiger charge is -2.21. The Kier molecular flexibility index (Phi) is 6.09. The molecule has 0 bridgehead atoms. The van der Waals surface area contributed by atoms with Crippen LogP contribution in [0.3, 0.4) is 0 Å². The van der Waals surface area contributed by atoms with Gasteiger partial charge in [0.05, 0.1) is 0 Å². The Morgan fingerprint density at radius 2 is 1.88 bits per heavy atom. The lowest BCUT2D eigenvalue weighted by atomic mass is 10.4. The molecule has 0 spiro atoms. The van der Waals surface area contributed by atoms with E-state index in [1.807, 2.05) is 0 Å². The molecule has 0 atom stereocenters. The van der Waals surface area contributed by atoms with Gasteiger partial charge in [0.1, 0.15) is 13.2 Å². The van der Waals surface area contributed by atoms with E-state index >= 15 is 0 Å². The van der Waals surface area contributed by atoms with E-state index in [0.717, 1.165) is 0 Å². The Morgan fingerprint density at radius 3 is 2.31 bits per heavy atom. The minimum atomic E-state index is -1.17. The first-order valence-corrected chi connectivity index (χ1v) is 4.70. The van der Waals surface area contributed by atoms with Crippen LogP contribution < -0.4 is 5.32 Å². The van der Waals surface area contributed by atoms with Gasteiger partial charge in [-0.05, 0) is 13.8 Å². The third-order valence-electron chi connectivity index (χ3n) is 1.80.